The van der Waals surface area contributed by atoms with Crippen molar-refractivity contribution in [3.8, 4) is 6.07 Å². The molecular weight excluding hydrogens is 188 g/mol. The Morgan fingerprint density at radius 2 is 2.20 bits per heavy atom. The Bertz CT molecular complexity index is 358. The van der Waals surface area contributed by atoms with Crippen LogP contribution in [0.25, 0.3) is 0 Å². The van der Waals surface area contributed by atoms with Crippen LogP contribution in [0.5, 0.6) is 0 Å². The van der Waals surface area contributed by atoms with Gasteiger partial charge in [0.2, 0.25) is 0 Å². The van der Waals surface area contributed by atoms with Crippen molar-refractivity contribution in [1.82, 2.24) is 4.90 Å². The predicted molar refractivity (Wildman–Crippen MR) is 56.9 cm³/mol. The first-order valence-electron chi connectivity index (χ1n) is 5.11. The van der Waals surface area contributed by atoms with Crippen LogP contribution in [0.4, 0.5) is 0 Å². The van der Waals surface area contributed by atoms with E-state index in [1.807, 2.05) is 25.1 Å². The molecule has 1 aromatic carbocycles. The topological polar surface area (TPSA) is 36.3 Å². The van der Waals surface area contributed by atoms with E-state index in [9.17, 15) is 0 Å². The van der Waals surface area contributed by atoms with Gasteiger partial charge < -0.3 is 4.74 Å². The van der Waals surface area contributed by atoms with Crippen LogP contribution in [0, 0.1) is 11.3 Å². The van der Waals surface area contributed by atoms with Crippen LogP contribution >= 0.6 is 0 Å². The zero-order chi connectivity index (χ0) is 10.7. The van der Waals surface area contributed by atoms with Gasteiger partial charge in [-0.15, -0.1) is 0 Å². The lowest BCUT2D eigenvalue weighted by Crippen LogP contribution is -2.32. The van der Waals surface area contributed by atoms with Gasteiger partial charge in [0, 0.05) is 0 Å². The highest BCUT2D eigenvalue weighted by Crippen LogP contribution is 2.27. The van der Waals surface area contributed by atoms with Gasteiger partial charge in [0.25, 0.3) is 0 Å². The largest absolute Gasteiger partial charge is 0.364 e. The molecule has 0 unspecified atom stereocenters. The average molecular weight is 202 g/mol. The number of nitriles is 1. The van der Waals surface area contributed by atoms with Gasteiger partial charge in [-0.2, -0.15) is 5.26 Å². The summed E-state index contributed by atoms with van der Waals surface area (Å²) >= 11 is 0. The summed E-state index contributed by atoms with van der Waals surface area (Å²) in [5, 5.41) is 8.91. The molecule has 1 aromatic rings. The second-order valence-electron chi connectivity index (χ2n) is 3.75. The molecule has 0 spiro atoms. The average Bonchev–Trinajstić information content (AvgIpc) is 2.78. The van der Waals surface area contributed by atoms with E-state index in [0.717, 1.165) is 0 Å². The Balaban J connectivity index is 2.19. The molecule has 78 valence electrons. The van der Waals surface area contributed by atoms with Gasteiger partial charge in [0.15, 0.2) is 0 Å². The minimum absolute atomic E-state index is 0.0993. The van der Waals surface area contributed by atoms with Gasteiger partial charge in [0.05, 0.1) is 24.8 Å². The van der Waals surface area contributed by atoms with Crippen molar-refractivity contribution < 1.29 is 4.74 Å². The van der Waals surface area contributed by atoms with E-state index in [1.54, 1.807) is 0 Å². The fourth-order valence-electron chi connectivity index (χ4n) is 1.87. The van der Waals surface area contributed by atoms with Gasteiger partial charge in [-0.1, -0.05) is 30.3 Å². The molecule has 1 heterocycles. The smallest absolute Gasteiger partial charge is 0.101 e. The van der Waals surface area contributed by atoms with Crippen molar-refractivity contribution in [2.24, 2.45) is 0 Å². The first-order valence-corrected chi connectivity index (χ1v) is 5.11. The van der Waals surface area contributed by atoms with E-state index in [0.29, 0.717) is 13.3 Å². The fraction of sp³-hybridized carbons (Fsp3) is 0.417. The van der Waals surface area contributed by atoms with Crippen molar-refractivity contribution >= 4 is 0 Å². The molecule has 0 saturated carbocycles. The van der Waals surface area contributed by atoms with Gasteiger partial charge in [-0.05, 0) is 12.5 Å². The van der Waals surface area contributed by atoms with Gasteiger partial charge >= 0.3 is 0 Å². The summed E-state index contributed by atoms with van der Waals surface area (Å²) in [6, 6.07) is 12.6. The summed E-state index contributed by atoms with van der Waals surface area (Å²) in [6.45, 7) is 3.13. The van der Waals surface area contributed by atoms with E-state index < -0.39 is 0 Å². The molecule has 0 amide bonds. The molecule has 2 atom stereocenters. The predicted octanol–water partition coefficient (Wildman–Crippen LogP) is 1.93. The maximum Gasteiger partial charge on any atom is 0.101 e. The van der Waals surface area contributed by atoms with E-state index in [4.69, 9.17) is 10.00 Å². The van der Waals surface area contributed by atoms with Crippen molar-refractivity contribution in [3.05, 3.63) is 35.9 Å². The second-order valence-corrected chi connectivity index (χ2v) is 3.75. The first kappa shape index (κ1) is 10.2. The lowest BCUT2D eigenvalue weighted by Gasteiger charge is -2.24. The quantitative estimate of drug-likeness (QED) is 0.735. The van der Waals surface area contributed by atoms with E-state index in [-0.39, 0.29) is 12.1 Å². The number of ether oxygens (including phenoxy) is 1. The lowest BCUT2D eigenvalue weighted by atomic mass is 10.1. The van der Waals surface area contributed by atoms with Crippen LogP contribution in [-0.4, -0.2) is 24.3 Å². The number of benzene rings is 1. The summed E-state index contributed by atoms with van der Waals surface area (Å²) in [6.07, 6.45) is 0. The van der Waals surface area contributed by atoms with Crippen molar-refractivity contribution in [2.75, 3.05) is 13.3 Å². The Kier molecular flexibility index (Phi) is 3.00. The Labute approximate surface area is 89.9 Å². The number of hydrogen-bond acceptors (Lipinski definition) is 3. The van der Waals surface area contributed by atoms with Gasteiger partial charge in [-0.3, -0.25) is 4.90 Å². The maximum absolute atomic E-state index is 8.91. The van der Waals surface area contributed by atoms with Crippen molar-refractivity contribution in [1.29, 1.82) is 5.26 Å². The minimum Gasteiger partial charge on any atom is -0.364 e. The molecule has 0 N–H and O–H groups in total. The normalized spacial score (nSPS) is 23.6. The summed E-state index contributed by atoms with van der Waals surface area (Å²) in [5.41, 5.74) is 1.22. The second kappa shape index (κ2) is 4.43. The molecule has 0 aliphatic carbocycles. The highest BCUT2D eigenvalue weighted by atomic mass is 16.5. The molecule has 0 bridgehead atoms. The van der Waals surface area contributed by atoms with Gasteiger partial charge in [-0.25, -0.2) is 0 Å². The van der Waals surface area contributed by atoms with Crippen LogP contribution < -0.4 is 0 Å². The lowest BCUT2D eigenvalue weighted by molar-refractivity contribution is 0.127. The molecule has 1 saturated heterocycles. The molecule has 1 aliphatic heterocycles. The third kappa shape index (κ3) is 2.01. The minimum atomic E-state index is -0.0993. The highest BCUT2D eigenvalue weighted by Gasteiger charge is 2.30. The molecule has 0 radical (unpaired) electrons. The molecule has 15 heavy (non-hydrogen) atoms. The zero-order valence-electron chi connectivity index (χ0n) is 8.76. The molecule has 1 aliphatic rings. The molecule has 3 nitrogen and oxygen atoms in total. The molecule has 2 rings (SSSR count). The first-order chi connectivity index (χ1) is 7.33. The van der Waals surface area contributed by atoms with Gasteiger partial charge in [0.1, 0.15) is 6.73 Å². The van der Waals surface area contributed by atoms with Crippen LogP contribution in [-0.2, 0) is 4.74 Å². The monoisotopic (exact) mass is 202 g/mol. The SMILES string of the molecule is C[C@@H](C#N)N1COC[C@H]1c1ccccc1. The number of rotatable bonds is 2. The van der Waals surface area contributed by atoms with Crippen LogP contribution in [0.1, 0.15) is 18.5 Å². The van der Waals surface area contributed by atoms with E-state index >= 15 is 0 Å². The summed E-state index contributed by atoms with van der Waals surface area (Å²) < 4.78 is 5.42. The molecule has 0 aromatic heterocycles. The fourth-order valence-corrected chi connectivity index (χ4v) is 1.87. The standard InChI is InChI=1S/C12H14N2O/c1-10(7-13)14-9-15-8-12(14)11-5-3-2-4-6-11/h2-6,10,12H,8-9H2,1H3/t10-,12-/m0/s1. The van der Waals surface area contributed by atoms with E-state index in [1.165, 1.54) is 5.56 Å². The molecule has 1 fully saturated rings. The van der Waals surface area contributed by atoms with Crippen molar-refractivity contribution in [3.63, 3.8) is 0 Å². The Morgan fingerprint density at radius 3 is 2.87 bits per heavy atom. The number of nitrogens with zero attached hydrogens (tertiary/aromatic N) is 2. The zero-order valence-corrected chi connectivity index (χ0v) is 8.76. The van der Waals surface area contributed by atoms with Crippen LogP contribution in [0.2, 0.25) is 0 Å². The third-order valence-electron chi connectivity index (χ3n) is 2.79. The molecular formula is C12H14N2O. The number of hydrogen-bond donors (Lipinski definition) is 0. The van der Waals surface area contributed by atoms with Crippen LogP contribution in [0.3, 0.4) is 0 Å². The third-order valence-corrected chi connectivity index (χ3v) is 2.79. The summed E-state index contributed by atoms with van der Waals surface area (Å²) in [4.78, 5) is 2.08. The highest BCUT2D eigenvalue weighted by molar-refractivity contribution is 5.20. The van der Waals surface area contributed by atoms with Crippen LogP contribution in [0.15, 0.2) is 30.3 Å². The maximum atomic E-state index is 8.91. The Hall–Kier alpha value is -1.37. The molecule has 3 heteroatoms. The van der Waals surface area contributed by atoms with Crippen molar-refractivity contribution in [2.45, 2.75) is 19.0 Å². The summed E-state index contributed by atoms with van der Waals surface area (Å²) in [7, 11) is 0. The van der Waals surface area contributed by atoms with E-state index in [2.05, 4.69) is 23.1 Å². The Morgan fingerprint density at radius 1 is 1.47 bits per heavy atom. The summed E-state index contributed by atoms with van der Waals surface area (Å²) in [5.74, 6) is 0.